The third kappa shape index (κ3) is 5.63. The molecule has 10 nitrogen and oxygen atoms in total. The Hall–Kier alpha value is -3.97. The topological polar surface area (TPSA) is 134 Å². The fraction of sp³-hybridized carbons (Fsp3) is 0.464. The first-order valence-corrected chi connectivity index (χ1v) is 13.1. The van der Waals surface area contributed by atoms with E-state index in [9.17, 15) is 10.1 Å². The van der Waals surface area contributed by atoms with Crippen molar-refractivity contribution in [1.29, 1.82) is 5.26 Å². The van der Waals surface area contributed by atoms with Crippen molar-refractivity contribution in [2.75, 3.05) is 31.1 Å². The number of piperidine rings is 1. The number of amides is 1. The largest absolute Gasteiger partial charge is 0.492 e. The summed E-state index contributed by atoms with van der Waals surface area (Å²) < 4.78 is 7.39. The number of aliphatic imine (C=N–C) groups is 1. The van der Waals surface area contributed by atoms with Crippen LogP contribution in [0.2, 0.25) is 0 Å². The highest BCUT2D eigenvalue weighted by Gasteiger charge is 2.37. The first-order chi connectivity index (χ1) is 18.3. The lowest BCUT2D eigenvalue weighted by atomic mass is 9.83. The van der Waals surface area contributed by atoms with Crippen molar-refractivity contribution in [2.24, 2.45) is 16.6 Å². The van der Waals surface area contributed by atoms with Gasteiger partial charge in [-0.1, -0.05) is 13.8 Å². The minimum Gasteiger partial charge on any atom is -0.492 e. The lowest BCUT2D eigenvalue weighted by molar-refractivity contribution is -0.125. The summed E-state index contributed by atoms with van der Waals surface area (Å²) in [5.74, 6) is 1.49. The maximum absolute atomic E-state index is 12.8. The number of hydrogen-bond donors (Lipinski definition) is 2. The summed E-state index contributed by atoms with van der Waals surface area (Å²) in [6.45, 7) is 12.0. The molecule has 200 valence electrons. The Balaban J connectivity index is 1.53. The Morgan fingerprint density at radius 2 is 2.11 bits per heavy atom. The molecule has 3 N–H and O–H groups in total. The van der Waals surface area contributed by atoms with E-state index in [4.69, 9.17) is 15.5 Å². The third-order valence-electron chi connectivity index (χ3n) is 7.28. The van der Waals surface area contributed by atoms with Crippen molar-refractivity contribution in [2.45, 2.75) is 51.6 Å². The van der Waals surface area contributed by atoms with E-state index < -0.39 is 6.04 Å². The number of hydrogen-bond acceptors (Lipinski definition) is 8. The highest BCUT2D eigenvalue weighted by molar-refractivity contribution is 5.85. The van der Waals surface area contributed by atoms with Crippen LogP contribution >= 0.6 is 0 Å². The number of nitrogens with two attached hydrogens (primary N) is 1. The van der Waals surface area contributed by atoms with Crippen molar-refractivity contribution >= 4 is 24.0 Å². The standard InChI is InChI=1S/C28H36N8O2/c1-5-38-22-14-23(26-21(15-29)17-33-36(26)18-22)20-6-7-24(32-16-20)35-12-9-28(10-13-35,8-11-31-4)34-27(37)25(30)19(2)3/h6-7,14,16-19,25H,4-5,8-13,30H2,1-3H3,(H,34,37)/t25-/m0/s1. The van der Waals surface area contributed by atoms with E-state index in [2.05, 4.69) is 33.1 Å². The summed E-state index contributed by atoms with van der Waals surface area (Å²) in [4.78, 5) is 23.8. The molecular weight excluding hydrogens is 480 g/mol. The van der Waals surface area contributed by atoms with Crippen molar-refractivity contribution in [3.63, 3.8) is 0 Å². The van der Waals surface area contributed by atoms with Crippen LogP contribution in [0.1, 0.15) is 45.6 Å². The van der Waals surface area contributed by atoms with Crippen molar-refractivity contribution in [3.05, 3.63) is 42.4 Å². The zero-order chi connectivity index (χ0) is 27.3. The van der Waals surface area contributed by atoms with Gasteiger partial charge >= 0.3 is 0 Å². The fourth-order valence-corrected chi connectivity index (χ4v) is 4.92. The van der Waals surface area contributed by atoms with Gasteiger partial charge in [0.2, 0.25) is 5.91 Å². The minimum absolute atomic E-state index is 0.0645. The van der Waals surface area contributed by atoms with Gasteiger partial charge in [-0.25, -0.2) is 9.50 Å². The Kier molecular flexibility index (Phi) is 8.27. The molecule has 0 spiro atoms. The molecule has 4 heterocycles. The number of anilines is 1. The van der Waals surface area contributed by atoms with Gasteiger partial charge in [-0.3, -0.25) is 4.79 Å². The van der Waals surface area contributed by atoms with Crippen molar-refractivity contribution in [3.8, 4) is 22.9 Å². The van der Waals surface area contributed by atoms with Gasteiger partial charge in [-0.15, -0.1) is 0 Å². The fourth-order valence-electron chi connectivity index (χ4n) is 4.92. The molecule has 0 aromatic carbocycles. The number of fused-ring (bicyclic) bond motifs is 1. The van der Waals surface area contributed by atoms with Crippen LogP contribution in [0, 0.1) is 17.2 Å². The maximum Gasteiger partial charge on any atom is 0.237 e. The second kappa shape index (κ2) is 11.6. The first kappa shape index (κ1) is 27.1. The summed E-state index contributed by atoms with van der Waals surface area (Å²) in [6.07, 6.45) is 7.42. The summed E-state index contributed by atoms with van der Waals surface area (Å²) in [5.41, 5.74) is 8.68. The highest BCUT2D eigenvalue weighted by atomic mass is 16.5. The van der Waals surface area contributed by atoms with Gasteiger partial charge in [0.05, 0.1) is 36.1 Å². The summed E-state index contributed by atoms with van der Waals surface area (Å²) in [6, 6.07) is 7.60. The molecule has 4 rings (SSSR count). The van der Waals surface area contributed by atoms with Crippen LogP contribution in [0.5, 0.6) is 5.75 Å². The quantitative estimate of drug-likeness (QED) is 0.395. The molecule has 3 aromatic heterocycles. The van der Waals surface area contributed by atoms with Gasteiger partial charge in [-0.05, 0) is 57.0 Å². The van der Waals surface area contributed by atoms with E-state index in [0.717, 1.165) is 54.8 Å². The average Bonchev–Trinajstić information content (AvgIpc) is 3.35. The van der Waals surface area contributed by atoms with E-state index >= 15 is 0 Å². The van der Waals surface area contributed by atoms with Gasteiger partial charge in [0, 0.05) is 42.5 Å². The predicted molar refractivity (Wildman–Crippen MR) is 148 cm³/mol. The number of carbonyl (C=O) groups excluding carboxylic acids is 1. The number of carbonyl (C=O) groups is 1. The maximum atomic E-state index is 12.8. The molecule has 3 aromatic rings. The van der Waals surface area contributed by atoms with Crippen LogP contribution in [-0.2, 0) is 4.79 Å². The van der Waals surface area contributed by atoms with E-state index in [-0.39, 0.29) is 17.4 Å². The van der Waals surface area contributed by atoms with Crippen LogP contribution in [0.3, 0.4) is 0 Å². The molecular formula is C28H36N8O2. The Morgan fingerprint density at radius 3 is 2.71 bits per heavy atom. The first-order valence-electron chi connectivity index (χ1n) is 13.1. The number of ether oxygens (including phenoxy) is 1. The van der Waals surface area contributed by atoms with Crippen LogP contribution in [-0.4, -0.2) is 65.0 Å². The van der Waals surface area contributed by atoms with Crippen molar-refractivity contribution in [1.82, 2.24) is 19.9 Å². The normalized spacial score (nSPS) is 15.7. The molecule has 1 aliphatic rings. The molecule has 38 heavy (non-hydrogen) atoms. The zero-order valence-electron chi connectivity index (χ0n) is 22.4. The average molecular weight is 517 g/mol. The molecule has 0 aliphatic carbocycles. The monoisotopic (exact) mass is 516 g/mol. The molecule has 0 unspecified atom stereocenters. The van der Waals surface area contributed by atoms with Gasteiger partial charge in [-0.2, -0.15) is 10.4 Å². The second-order valence-corrected chi connectivity index (χ2v) is 10.1. The highest BCUT2D eigenvalue weighted by Crippen LogP contribution is 2.33. The summed E-state index contributed by atoms with van der Waals surface area (Å²) in [7, 11) is 0. The zero-order valence-corrected chi connectivity index (χ0v) is 22.4. The predicted octanol–water partition coefficient (Wildman–Crippen LogP) is 3.20. The molecule has 0 saturated carbocycles. The van der Waals surface area contributed by atoms with Crippen molar-refractivity contribution < 1.29 is 9.53 Å². The number of nitrogens with one attached hydrogen (secondary N) is 1. The molecule has 0 bridgehead atoms. The number of aromatic nitrogens is 3. The number of rotatable bonds is 10. The van der Waals surface area contributed by atoms with E-state index in [0.29, 0.717) is 24.5 Å². The van der Waals surface area contributed by atoms with E-state index in [1.54, 1.807) is 16.9 Å². The third-order valence-corrected chi connectivity index (χ3v) is 7.28. The van der Waals surface area contributed by atoms with E-state index in [1.165, 1.54) is 0 Å². The Labute approximate surface area is 223 Å². The molecule has 1 atom stereocenters. The van der Waals surface area contributed by atoms with Gasteiger partial charge in [0.1, 0.15) is 17.6 Å². The van der Waals surface area contributed by atoms with Crippen LogP contribution in [0.4, 0.5) is 5.82 Å². The molecule has 1 saturated heterocycles. The number of nitrogens with zero attached hydrogens (tertiary/aromatic N) is 6. The van der Waals surface area contributed by atoms with E-state index in [1.807, 2.05) is 45.2 Å². The Morgan fingerprint density at radius 1 is 1.34 bits per heavy atom. The second-order valence-electron chi connectivity index (χ2n) is 10.1. The van der Waals surface area contributed by atoms with Gasteiger partial charge in [0.25, 0.3) is 0 Å². The van der Waals surface area contributed by atoms with Crippen LogP contribution in [0.15, 0.2) is 41.8 Å². The minimum atomic E-state index is -0.541. The smallest absolute Gasteiger partial charge is 0.237 e. The van der Waals surface area contributed by atoms with Crippen LogP contribution in [0.25, 0.3) is 16.6 Å². The Bertz CT molecular complexity index is 1320. The molecule has 0 radical (unpaired) electrons. The molecule has 10 heteroatoms. The van der Waals surface area contributed by atoms with Gasteiger partial charge < -0.3 is 25.7 Å². The lowest BCUT2D eigenvalue weighted by Crippen LogP contribution is -2.59. The SMILES string of the molecule is C=NCCC1(NC(=O)[C@@H](N)C(C)C)CCN(c2ccc(-c3cc(OCC)cn4ncc(C#N)c34)cn2)CC1. The number of pyridine rings is 2. The summed E-state index contributed by atoms with van der Waals surface area (Å²) >= 11 is 0. The number of nitriles is 1. The van der Waals surface area contributed by atoms with Gasteiger partial charge in [0.15, 0.2) is 0 Å². The summed E-state index contributed by atoms with van der Waals surface area (Å²) in [5, 5.41) is 17.2. The molecule has 1 fully saturated rings. The molecule has 1 amide bonds. The lowest BCUT2D eigenvalue weighted by Gasteiger charge is -2.43. The van der Waals surface area contributed by atoms with Crippen LogP contribution < -0.4 is 20.7 Å². The molecule has 1 aliphatic heterocycles.